The van der Waals surface area contributed by atoms with Gasteiger partial charge in [0.25, 0.3) is 0 Å². The molecule has 0 saturated carbocycles. The number of hydrogen-bond acceptors (Lipinski definition) is 3. The Bertz CT molecular complexity index is 692. The van der Waals surface area contributed by atoms with Gasteiger partial charge in [0.1, 0.15) is 0 Å². The van der Waals surface area contributed by atoms with Crippen molar-refractivity contribution in [1.82, 2.24) is 9.62 Å². The Kier molecular flexibility index (Phi) is 6.24. The van der Waals surface area contributed by atoms with Crippen LogP contribution >= 0.6 is 0 Å². The number of nitrogens with one attached hydrogen (secondary N) is 1. The van der Waals surface area contributed by atoms with Crippen LogP contribution in [0.1, 0.15) is 30.4 Å². The van der Waals surface area contributed by atoms with Gasteiger partial charge in [-0.3, -0.25) is 0 Å². The van der Waals surface area contributed by atoms with E-state index >= 15 is 0 Å². The summed E-state index contributed by atoms with van der Waals surface area (Å²) in [4.78, 5) is 0.928. The van der Waals surface area contributed by atoms with Crippen molar-refractivity contribution in [3.63, 3.8) is 0 Å². The monoisotopic (exact) mass is 404 g/mol. The second-order valence-corrected chi connectivity index (χ2v) is 7.81. The summed E-state index contributed by atoms with van der Waals surface area (Å²) in [7, 11) is -4.50. The van der Waals surface area contributed by atoms with Crippen LogP contribution in [0.2, 0.25) is 0 Å². The van der Waals surface area contributed by atoms with Crippen LogP contribution in [0.25, 0.3) is 0 Å². The highest BCUT2D eigenvalue weighted by atomic mass is 32.2. The summed E-state index contributed by atoms with van der Waals surface area (Å²) in [5.41, 5.74) is -3.33. The molecule has 1 aliphatic heterocycles. The Hall–Kier alpha value is -1.33. The fourth-order valence-electron chi connectivity index (χ4n) is 2.69. The zero-order valence-electron chi connectivity index (χ0n) is 13.6. The smallest absolute Gasteiger partial charge is 0.302 e. The quantitative estimate of drug-likeness (QED) is 0.765. The van der Waals surface area contributed by atoms with Crippen LogP contribution < -0.4 is 4.72 Å². The summed E-state index contributed by atoms with van der Waals surface area (Å²) in [6, 6.07) is 0.309. The molecule has 0 atom stereocenters. The van der Waals surface area contributed by atoms with Crippen molar-refractivity contribution in [1.29, 1.82) is 0 Å². The van der Waals surface area contributed by atoms with Gasteiger partial charge in [0.05, 0.1) is 16.0 Å². The van der Waals surface area contributed by atoms with Crippen molar-refractivity contribution in [2.75, 3.05) is 26.2 Å². The van der Waals surface area contributed by atoms with Crippen LogP contribution in [0.5, 0.6) is 0 Å². The predicted molar refractivity (Wildman–Crippen MR) is 81.9 cm³/mol. The minimum absolute atomic E-state index is 0.0973. The third-order valence-corrected chi connectivity index (χ3v) is 5.48. The number of piperidine rings is 1. The van der Waals surface area contributed by atoms with Crippen molar-refractivity contribution in [3.8, 4) is 0 Å². The first kappa shape index (κ1) is 21.0. The Morgan fingerprint density at radius 1 is 0.885 bits per heavy atom. The maximum Gasteiger partial charge on any atom is 0.416 e. The molecule has 1 N–H and O–H groups in total. The predicted octanol–water partition coefficient (Wildman–Crippen LogP) is 3.49. The van der Waals surface area contributed by atoms with Gasteiger partial charge < -0.3 is 4.90 Å². The molecule has 1 fully saturated rings. The number of hydrogen-bond donors (Lipinski definition) is 1. The van der Waals surface area contributed by atoms with E-state index in [0.29, 0.717) is 6.54 Å². The van der Waals surface area contributed by atoms with Gasteiger partial charge in [-0.25, -0.2) is 13.1 Å². The van der Waals surface area contributed by atoms with Gasteiger partial charge in [0.2, 0.25) is 10.0 Å². The highest BCUT2D eigenvalue weighted by molar-refractivity contribution is 7.89. The lowest BCUT2D eigenvalue weighted by Gasteiger charge is -2.26. The van der Waals surface area contributed by atoms with Crippen LogP contribution in [0.3, 0.4) is 0 Å². The van der Waals surface area contributed by atoms with Gasteiger partial charge >= 0.3 is 12.4 Å². The molecule has 26 heavy (non-hydrogen) atoms. The SMILES string of the molecule is O=S(=O)(NCCN1CCCCC1)c1cc(C(F)(F)F)cc(C(F)(F)F)c1. The van der Waals surface area contributed by atoms with E-state index in [1.54, 1.807) is 0 Å². The van der Waals surface area contributed by atoms with Gasteiger partial charge in [-0.2, -0.15) is 26.3 Å². The molecule has 1 saturated heterocycles. The Morgan fingerprint density at radius 3 is 1.85 bits per heavy atom. The number of likely N-dealkylation sites (tertiary alicyclic amines) is 1. The molecule has 0 aliphatic carbocycles. The molecular formula is C15H18F6N2O2S. The summed E-state index contributed by atoms with van der Waals surface area (Å²) in [5, 5.41) is 0. The van der Waals surface area contributed by atoms with E-state index in [9.17, 15) is 34.8 Å². The molecule has 2 rings (SSSR count). The van der Waals surface area contributed by atoms with Gasteiger partial charge in [0, 0.05) is 13.1 Å². The van der Waals surface area contributed by atoms with Crippen molar-refractivity contribution >= 4 is 10.0 Å². The van der Waals surface area contributed by atoms with Gasteiger partial charge in [-0.1, -0.05) is 6.42 Å². The number of alkyl halides is 6. The molecule has 0 unspecified atom stereocenters. The maximum absolute atomic E-state index is 12.8. The molecule has 11 heteroatoms. The van der Waals surface area contributed by atoms with E-state index in [4.69, 9.17) is 0 Å². The average molecular weight is 404 g/mol. The lowest BCUT2D eigenvalue weighted by Crippen LogP contribution is -2.37. The largest absolute Gasteiger partial charge is 0.416 e. The molecule has 0 radical (unpaired) electrons. The third-order valence-electron chi connectivity index (χ3n) is 4.04. The Balaban J connectivity index is 2.21. The summed E-state index contributed by atoms with van der Waals surface area (Å²) in [6.07, 6.45) is -7.18. The van der Waals surface area contributed by atoms with Gasteiger partial charge in [0.15, 0.2) is 0 Å². The van der Waals surface area contributed by atoms with Crippen LogP contribution in [-0.4, -0.2) is 39.5 Å². The number of halogens is 6. The lowest BCUT2D eigenvalue weighted by molar-refractivity contribution is -0.143. The first-order valence-electron chi connectivity index (χ1n) is 7.91. The first-order chi connectivity index (χ1) is 11.9. The molecule has 1 aromatic carbocycles. The maximum atomic E-state index is 12.8. The number of rotatable bonds is 5. The van der Waals surface area contributed by atoms with Crippen molar-refractivity contribution < 1.29 is 34.8 Å². The fraction of sp³-hybridized carbons (Fsp3) is 0.600. The molecule has 0 bridgehead atoms. The molecule has 1 heterocycles. The van der Waals surface area contributed by atoms with Crippen molar-refractivity contribution in [2.24, 2.45) is 0 Å². The fourth-order valence-corrected chi connectivity index (χ4v) is 3.78. The summed E-state index contributed by atoms with van der Waals surface area (Å²) < 4.78 is 103. The summed E-state index contributed by atoms with van der Waals surface area (Å²) in [6.45, 7) is 1.80. The molecule has 0 amide bonds. The molecule has 1 aliphatic rings. The summed E-state index contributed by atoms with van der Waals surface area (Å²) in [5.74, 6) is 0. The van der Waals surface area contributed by atoms with Crippen LogP contribution in [0.15, 0.2) is 23.1 Å². The standard InChI is InChI=1S/C15H18F6N2O2S/c16-14(17,18)11-8-12(15(19,20)21)10-13(9-11)26(24,25)22-4-7-23-5-2-1-3-6-23/h8-10,22H,1-7H2. The highest BCUT2D eigenvalue weighted by Crippen LogP contribution is 2.37. The van der Waals surface area contributed by atoms with Crippen LogP contribution in [-0.2, 0) is 22.4 Å². The van der Waals surface area contributed by atoms with Crippen molar-refractivity contribution in [2.45, 2.75) is 36.5 Å². The second kappa shape index (κ2) is 7.73. The van der Waals surface area contributed by atoms with Crippen molar-refractivity contribution in [3.05, 3.63) is 29.3 Å². The van der Waals surface area contributed by atoms with E-state index in [1.165, 1.54) is 0 Å². The highest BCUT2D eigenvalue weighted by Gasteiger charge is 2.38. The molecule has 0 aromatic heterocycles. The average Bonchev–Trinajstić information content (AvgIpc) is 2.53. The normalized spacial score (nSPS) is 17.5. The van der Waals surface area contributed by atoms with E-state index in [1.807, 2.05) is 4.90 Å². The van der Waals surface area contributed by atoms with E-state index in [2.05, 4.69) is 4.72 Å². The minimum atomic E-state index is -5.10. The second-order valence-electron chi connectivity index (χ2n) is 6.04. The number of nitrogens with zero attached hydrogens (tertiary/aromatic N) is 1. The van der Waals surface area contributed by atoms with Crippen LogP contribution in [0.4, 0.5) is 26.3 Å². The van der Waals surface area contributed by atoms with E-state index in [-0.39, 0.29) is 24.7 Å². The molecule has 4 nitrogen and oxygen atoms in total. The third kappa shape index (κ3) is 5.58. The summed E-state index contributed by atoms with van der Waals surface area (Å²) >= 11 is 0. The molecular weight excluding hydrogens is 386 g/mol. The Labute approximate surface area is 147 Å². The Morgan fingerprint density at radius 2 is 1.38 bits per heavy atom. The van der Waals surface area contributed by atoms with E-state index < -0.39 is 38.4 Å². The van der Waals surface area contributed by atoms with Gasteiger partial charge in [-0.15, -0.1) is 0 Å². The number of benzene rings is 1. The molecule has 1 aromatic rings. The first-order valence-corrected chi connectivity index (χ1v) is 9.39. The van der Waals surface area contributed by atoms with Crippen LogP contribution in [0, 0.1) is 0 Å². The van der Waals surface area contributed by atoms with Gasteiger partial charge in [-0.05, 0) is 44.1 Å². The van der Waals surface area contributed by atoms with E-state index in [0.717, 1.165) is 32.4 Å². The molecule has 148 valence electrons. The lowest BCUT2D eigenvalue weighted by atomic mass is 10.1. The zero-order chi connectivity index (χ0) is 19.6. The zero-order valence-corrected chi connectivity index (χ0v) is 14.4. The topological polar surface area (TPSA) is 49.4 Å². The number of sulfonamides is 1. The minimum Gasteiger partial charge on any atom is -0.302 e. The molecule has 0 spiro atoms.